The minimum absolute atomic E-state index is 0.123. The molecule has 0 fully saturated rings. The van der Waals surface area contributed by atoms with Gasteiger partial charge >= 0.3 is 0 Å². The number of para-hydroxylation sites is 4. The molecule has 1 unspecified atom stereocenters. The van der Waals surface area contributed by atoms with E-state index in [1.165, 1.54) is 10.9 Å². The molecule has 0 N–H and O–H groups in total. The Hall–Kier alpha value is -7.24. The van der Waals surface area contributed by atoms with E-state index in [0.29, 0.717) is 5.92 Å². The number of hydrogen-bond acceptors (Lipinski definition) is 2. The molecule has 10 aromatic rings. The summed E-state index contributed by atoms with van der Waals surface area (Å²) < 4.78 is 13.3. The second-order valence-electron chi connectivity index (χ2n) is 16.4. The van der Waals surface area contributed by atoms with Crippen LogP contribution >= 0.6 is 0 Å². The Kier molecular flexibility index (Phi) is 8.94. The van der Waals surface area contributed by atoms with Gasteiger partial charge < -0.3 is 4.74 Å². The van der Waals surface area contributed by atoms with Crippen molar-refractivity contribution in [3.8, 4) is 50.9 Å². The lowest BCUT2D eigenvalue weighted by atomic mass is 9.78. The van der Waals surface area contributed by atoms with Crippen molar-refractivity contribution in [2.45, 2.75) is 33.6 Å². The van der Waals surface area contributed by atoms with Crippen molar-refractivity contribution in [3.05, 3.63) is 200 Å². The number of fused-ring (bicyclic) bond motifs is 4. The van der Waals surface area contributed by atoms with Gasteiger partial charge in [0.15, 0.2) is 0 Å². The van der Waals surface area contributed by atoms with Crippen LogP contribution in [0, 0.1) is 11.7 Å². The first-order valence-corrected chi connectivity index (χ1v) is 20.3. The zero-order valence-electron chi connectivity index (χ0n) is 33.7. The zero-order chi connectivity index (χ0) is 40.1. The first-order chi connectivity index (χ1) is 28.8. The molecule has 5 heteroatoms. The molecular formula is C54H44N4O. The summed E-state index contributed by atoms with van der Waals surface area (Å²) in [5.74, 6) is 2.74. The molecule has 286 valence electrons. The van der Waals surface area contributed by atoms with Crippen molar-refractivity contribution in [2.75, 3.05) is 0 Å². The number of aromatic nitrogens is 4. The molecule has 0 amide bonds. The fourth-order valence-corrected chi connectivity index (χ4v) is 8.31. The van der Waals surface area contributed by atoms with Gasteiger partial charge in [0.25, 0.3) is 6.33 Å². The van der Waals surface area contributed by atoms with E-state index in [0.717, 1.165) is 78.4 Å². The molecule has 7 aromatic carbocycles. The SMILES string of the molecule is CC(c1ccnc(-n2c3ccccc3c3ccc(Oc4cccc(-n5[c-][n+](-c6c(-c7ccccc7)cccc6-c6ccccc6)c6ccccc65)c4)cc32)c1)C(C)(C)C. The lowest BCUT2D eigenvalue weighted by Crippen LogP contribution is -2.31. The number of ether oxygens (including phenoxy) is 1. The molecule has 3 aromatic heterocycles. The topological polar surface area (TPSA) is 35.9 Å². The maximum Gasteiger partial charge on any atom is 0.269 e. The Morgan fingerprint density at radius 1 is 0.576 bits per heavy atom. The van der Waals surface area contributed by atoms with Crippen LogP contribution in [0.2, 0.25) is 0 Å². The number of pyridine rings is 1. The highest BCUT2D eigenvalue weighted by Gasteiger charge is 2.24. The van der Waals surface area contributed by atoms with E-state index in [9.17, 15) is 0 Å². The van der Waals surface area contributed by atoms with E-state index >= 15 is 0 Å². The highest BCUT2D eigenvalue weighted by Crippen LogP contribution is 2.39. The normalized spacial score (nSPS) is 12.3. The first kappa shape index (κ1) is 36.1. The van der Waals surface area contributed by atoms with Gasteiger partial charge in [-0.25, -0.2) is 4.98 Å². The zero-order valence-corrected chi connectivity index (χ0v) is 33.7. The van der Waals surface area contributed by atoms with Crippen LogP contribution in [0.15, 0.2) is 188 Å². The Balaban J connectivity index is 1.07. The fraction of sp³-hybridized carbons (Fsp3) is 0.111. The van der Waals surface area contributed by atoms with Crippen LogP contribution in [0.5, 0.6) is 11.5 Å². The van der Waals surface area contributed by atoms with Crippen molar-refractivity contribution in [2.24, 2.45) is 5.41 Å². The molecule has 3 heterocycles. The third kappa shape index (κ3) is 6.55. The van der Waals surface area contributed by atoms with Gasteiger partial charge in [-0.15, -0.1) is 0 Å². The molecule has 0 aliphatic carbocycles. The van der Waals surface area contributed by atoms with Gasteiger partial charge in [0.05, 0.1) is 33.4 Å². The maximum atomic E-state index is 6.73. The summed E-state index contributed by atoms with van der Waals surface area (Å²) in [6.07, 6.45) is 5.73. The minimum Gasteiger partial charge on any atom is -0.458 e. The van der Waals surface area contributed by atoms with E-state index in [-0.39, 0.29) is 5.41 Å². The second-order valence-corrected chi connectivity index (χ2v) is 16.4. The molecule has 0 radical (unpaired) electrons. The van der Waals surface area contributed by atoms with Crippen LogP contribution in [0.4, 0.5) is 0 Å². The molecule has 5 nitrogen and oxygen atoms in total. The first-order valence-electron chi connectivity index (χ1n) is 20.3. The highest BCUT2D eigenvalue weighted by atomic mass is 16.5. The van der Waals surface area contributed by atoms with Gasteiger partial charge in [-0.1, -0.05) is 155 Å². The lowest BCUT2D eigenvalue weighted by molar-refractivity contribution is -0.571. The highest BCUT2D eigenvalue weighted by molar-refractivity contribution is 6.09. The molecule has 0 aliphatic heterocycles. The molecule has 10 rings (SSSR count). The van der Waals surface area contributed by atoms with Crippen LogP contribution in [0.25, 0.3) is 72.3 Å². The number of rotatable bonds is 8. The van der Waals surface area contributed by atoms with E-state index in [1.807, 2.05) is 18.3 Å². The number of nitrogens with zero attached hydrogens (tertiary/aromatic N) is 4. The molecule has 0 aliphatic rings. The third-order valence-corrected chi connectivity index (χ3v) is 11.7. The number of benzene rings is 7. The Morgan fingerprint density at radius 2 is 1.20 bits per heavy atom. The molecule has 0 saturated heterocycles. The average Bonchev–Trinajstić information content (AvgIpc) is 3.82. The number of imidazole rings is 1. The standard InChI is InChI=1S/C54H44N4O/c1-37(54(2,3)4)40-31-32-55-52(33-40)58-48-26-12-11-23-46(48)47-30-29-43(35-51(47)58)59-42-22-15-21-41(34-42)56-36-57(50-28-14-13-27-49(50)56)53-44(38-17-7-5-8-18-38)24-16-25-45(53)39-19-9-6-10-20-39/h5-35,37H,1-4H3. The van der Waals surface area contributed by atoms with Gasteiger partial charge in [0.1, 0.15) is 17.3 Å². The molecule has 1 atom stereocenters. The van der Waals surface area contributed by atoms with Crippen LogP contribution in [-0.2, 0) is 0 Å². The Bertz CT molecular complexity index is 3080. The van der Waals surface area contributed by atoms with Gasteiger partial charge in [-0.2, -0.15) is 0 Å². The summed E-state index contributed by atoms with van der Waals surface area (Å²) in [6.45, 7) is 9.17. The smallest absolute Gasteiger partial charge is 0.269 e. The van der Waals surface area contributed by atoms with Crippen LogP contribution in [0.1, 0.15) is 39.2 Å². The van der Waals surface area contributed by atoms with E-state index in [4.69, 9.17) is 9.72 Å². The molecule has 0 spiro atoms. The number of hydrogen-bond donors (Lipinski definition) is 0. The minimum atomic E-state index is 0.123. The molecular weight excluding hydrogens is 721 g/mol. The Morgan fingerprint density at radius 3 is 1.93 bits per heavy atom. The second kappa shape index (κ2) is 14.6. The van der Waals surface area contributed by atoms with Gasteiger partial charge in [0, 0.05) is 23.0 Å². The van der Waals surface area contributed by atoms with Crippen LogP contribution in [-0.4, -0.2) is 14.1 Å². The van der Waals surface area contributed by atoms with Crippen molar-refractivity contribution in [3.63, 3.8) is 0 Å². The largest absolute Gasteiger partial charge is 0.458 e. The van der Waals surface area contributed by atoms with Crippen LogP contribution in [0.3, 0.4) is 0 Å². The van der Waals surface area contributed by atoms with Gasteiger partial charge in [-0.3, -0.25) is 13.7 Å². The third-order valence-electron chi connectivity index (χ3n) is 11.7. The van der Waals surface area contributed by atoms with E-state index in [1.54, 1.807) is 0 Å². The van der Waals surface area contributed by atoms with Gasteiger partial charge in [0.2, 0.25) is 0 Å². The van der Waals surface area contributed by atoms with E-state index < -0.39 is 0 Å². The summed E-state index contributed by atoms with van der Waals surface area (Å²) in [7, 11) is 0. The van der Waals surface area contributed by atoms with Gasteiger partial charge in [-0.05, 0) is 87.7 Å². The van der Waals surface area contributed by atoms with Crippen molar-refractivity contribution >= 4 is 32.8 Å². The monoisotopic (exact) mass is 764 g/mol. The lowest BCUT2D eigenvalue weighted by Gasteiger charge is -2.27. The van der Waals surface area contributed by atoms with Crippen molar-refractivity contribution in [1.82, 2.24) is 14.1 Å². The molecule has 0 bridgehead atoms. The summed E-state index contributed by atoms with van der Waals surface area (Å²) in [5, 5.41) is 2.33. The maximum absolute atomic E-state index is 6.73. The summed E-state index contributed by atoms with van der Waals surface area (Å²) >= 11 is 0. The molecule has 0 saturated carbocycles. The van der Waals surface area contributed by atoms with Crippen LogP contribution < -0.4 is 9.30 Å². The molecule has 59 heavy (non-hydrogen) atoms. The summed E-state index contributed by atoms with van der Waals surface area (Å²) in [5.41, 5.74) is 12.2. The van der Waals surface area contributed by atoms with Crippen molar-refractivity contribution in [1.29, 1.82) is 0 Å². The van der Waals surface area contributed by atoms with Crippen molar-refractivity contribution < 1.29 is 9.30 Å². The average molecular weight is 765 g/mol. The Labute approximate surface area is 345 Å². The quantitative estimate of drug-likeness (QED) is 0.114. The summed E-state index contributed by atoms with van der Waals surface area (Å²) in [6, 6.07) is 63.8. The van der Waals surface area contributed by atoms with E-state index in [2.05, 4.69) is 218 Å². The predicted octanol–water partition coefficient (Wildman–Crippen LogP) is 13.5. The summed E-state index contributed by atoms with van der Waals surface area (Å²) in [4.78, 5) is 4.91. The fourth-order valence-electron chi connectivity index (χ4n) is 8.31. The predicted molar refractivity (Wildman–Crippen MR) is 241 cm³/mol.